The van der Waals surface area contributed by atoms with Crippen LogP contribution in [0.25, 0.3) is 0 Å². The van der Waals surface area contributed by atoms with Crippen molar-refractivity contribution in [2.75, 3.05) is 6.54 Å². The Morgan fingerprint density at radius 2 is 1.80 bits per heavy atom. The summed E-state index contributed by atoms with van der Waals surface area (Å²) in [6, 6.07) is -0.937. The molecule has 0 amide bonds. The number of carbonyl (C=O) groups excluding carboxylic acids is 2. The van der Waals surface area contributed by atoms with Crippen LogP contribution >= 0.6 is 0 Å². The number of rotatable bonds is 9. The summed E-state index contributed by atoms with van der Waals surface area (Å²) in [5.41, 5.74) is 15.8. The Morgan fingerprint density at radius 3 is 2.35 bits per heavy atom. The summed E-state index contributed by atoms with van der Waals surface area (Å²) in [5, 5.41) is 8.39. The molecule has 0 aliphatic carbocycles. The average Bonchev–Trinajstić information content (AvgIpc) is 2.33. The second-order valence-corrected chi connectivity index (χ2v) is 4.10. The maximum Gasteiger partial charge on any atom is 0.330 e. The molecule has 0 rings (SSSR count). The lowest BCUT2D eigenvalue weighted by atomic mass is 10.2. The van der Waals surface area contributed by atoms with Gasteiger partial charge in [0.2, 0.25) is 0 Å². The summed E-state index contributed by atoms with van der Waals surface area (Å²) in [7, 11) is 0. The molecule has 0 aromatic rings. The molecule has 0 unspecified atom stereocenters. The molecule has 0 aliphatic rings. The molecule has 9 nitrogen and oxygen atoms in total. The molecule has 0 aromatic heterocycles. The lowest BCUT2D eigenvalue weighted by Gasteiger charge is -2.09. The second kappa shape index (κ2) is 9.73. The number of carbonyl (C=O) groups is 3. The largest absolute Gasteiger partial charge is 0.481 e. The van der Waals surface area contributed by atoms with Crippen LogP contribution in [0.3, 0.4) is 0 Å². The lowest BCUT2D eigenvalue weighted by molar-refractivity contribution is -0.160. The van der Waals surface area contributed by atoms with Crippen molar-refractivity contribution in [1.29, 1.82) is 0 Å². The molecule has 9 heteroatoms. The second-order valence-electron chi connectivity index (χ2n) is 4.10. The summed E-state index contributed by atoms with van der Waals surface area (Å²) in [4.78, 5) is 36.6. The molecule has 7 N–H and O–H groups in total. The normalized spacial score (nSPS) is 11.4. The van der Waals surface area contributed by atoms with E-state index >= 15 is 0 Å². The number of guanidine groups is 1. The molecule has 0 saturated heterocycles. The van der Waals surface area contributed by atoms with Gasteiger partial charge >= 0.3 is 17.9 Å². The first-order chi connectivity index (χ1) is 9.32. The van der Waals surface area contributed by atoms with Gasteiger partial charge in [-0.1, -0.05) is 0 Å². The molecule has 0 fully saturated rings. The molecule has 0 aromatic carbocycles. The number of ether oxygens (including phenoxy) is 1. The predicted octanol–water partition coefficient (Wildman–Crippen LogP) is -1.31. The van der Waals surface area contributed by atoms with Crippen molar-refractivity contribution in [3.63, 3.8) is 0 Å². The number of aliphatic carboxylic acids is 1. The minimum absolute atomic E-state index is 0.0465. The predicted molar refractivity (Wildman–Crippen MR) is 70.5 cm³/mol. The topological polar surface area (TPSA) is 171 Å². The molecule has 0 aliphatic heterocycles. The van der Waals surface area contributed by atoms with E-state index in [4.69, 9.17) is 22.3 Å². The molecule has 0 bridgehead atoms. The Bertz CT molecular complexity index is 379. The zero-order valence-corrected chi connectivity index (χ0v) is 11.1. The van der Waals surface area contributed by atoms with E-state index in [0.717, 1.165) is 0 Å². The van der Waals surface area contributed by atoms with E-state index in [1.54, 1.807) is 0 Å². The minimum atomic E-state index is -1.01. The fourth-order valence-electron chi connectivity index (χ4n) is 1.26. The highest BCUT2D eigenvalue weighted by Crippen LogP contribution is 2.02. The molecule has 0 spiro atoms. The third-order valence-corrected chi connectivity index (χ3v) is 2.26. The van der Waals surface area contributed by atoms with Crippen LogP contribution in [0.5, 0.6) is 0 Å². The molecule has 20 heavy (non-hydrogen) atoms. The van der Waals surface area contributed by atoms with E-state index in [9.17, 15) is 14.4 Å². The van der Waals surface area contributed by atoms with E-state index in [1.807, 2.05) is 0 Å². The molecule has 0 radical (unpaired) electrons. The van der Waals surface area contributed by atoms with Crippen LogP contribution in [0.15, 0.2) is 4.99 Å². The Balaban J connectivity index is 3.86. The third-order valence-electron chi connectivity index (χ3n) is 2.26. The maximum absolute atomic E-state index is 11.4. The fourth-order valence-corrected chi connectivity index (χ4v) is 1.26. The fraction of sp³-hybridized carbons (Fsp3) is 0.636. The van der Waals surface area contributed by atoms with Crippen LogP contribution in [-0.2, 0) is 19.1 Å². The van der Waals surface area contributed by atoms with Crippen molar-refractivity contribution in [2.45, 2.75) is 38.1 Å². The molecule has 114 valence electrons. The van der Waals surface area contributed by atoms with Crippen molar-refractivity contribution in [3.8, 4) is 0 Å². The average molecular weight is 288 g/mol. The highest BCUT2D eigenvalue weighted by Gasteiger charge is 2.18. The SMILES string of the molecule is NC(N)=NCCC[C@H](N)C(=O)OC(=O)CCCC(=O)O. The van der Waals surface area contributed by atoms with Crippen LogP contribution < -0.4 is 17.2 Å². The van der Waals surface area contributed by atoms with Crippen LogP contribution in [0, 0.1) is 0 Å². The standard InChI is InChI=1S/C11H20N4O5/c12-7(3-2-6-15-11(13)14)10(19)20-9(18)5-1-4-8(16)17/h7H,1-6,12H2,(H,16,17)(H4,13,14,15)/t7-/m0/s1. The summed E-state index contributed by atoms with van der Waals surface area (Å²) in [6.07, 6.45) is 0.563. The number of carboxylic acid groups (broad SMARTS) is 1. The maximum atomic E-state index is 11.4. The number of nitrogens with zero attached hydrogens (tertiary/aromatic N) is 1. The van der Waals surface area contributed by atoms with E-state index in [2.05, 4.69) is 9.73 Å². The Morgan fingerprint density at radius 1 is 1.15 bits per heavy atom. The van der Waals surface area contributed by atoms with Crippen LogP contribution in [0.2, 0.25) is 0 Å². The monoisotopic (exact) mass is 288 g/mol. The van der Waals surface area contributed by atoms with Crippen molar-refractivity contribution < 1.29 is 24.2 Å². The van der Waals surface area contributed by atoms with Crippen LogP contribution in [0.1, 0.15) is 32.1 Å². The van der Waals surface area contributed by atoms with Crippen molar-refractivity contribution >= 4 is 23.9 Å². The zero-order valence-electron chi connectivity index (χ0n) is 11.1. The van der Waals surface area contributed by atoms with Gasteiger partial charge in [-0.25, -0.2) is 4.79 Å². The van der Waals surface area contributed by atoms with Gasteiger partial charge in [0.1, 0.15) is 6.04 Å². The van der Waals surface area contributed by atoms with Crippen LogP contribution in [-0.4, -0.2) is 41.6 Å². The Hall–Kier alpha value is -2.16. The van der Waals surface area contributed by atoms with Crippen molar-refractivity contribution in [3.05, 3.63) is 0 Å². The van der Waals surface area contributed by atoms with E-state index in [-0.39, 0.29) is 31.6 Å². The van der Waals surface area contributed by atoms with Gasteiger partial charge in [0, 0.05) is 19.4 Å². The zero-order chi connectivity index (χ0) is 15.5. The first kappa shape index (κ1) is 17.8. The highest BCUT2D eigenvalue weighted by molar-refractivity contribution is 5.88. The molecule has 1 atom stereocenters. The van der Waals surface area contributed by atoms with Gasteiger partial charge in [-0.2, -0.15) is 0 Å². The minimum Gasteiger partial charge on any atom is -0.481 e. The first-order valence-electron chi connectivity index (χ1n) is 6.10. The van der Waals surface area contributed by atoms with Crippen molar-refractivity contribution in [1.82, 2.24) is 0 Å². The number of hydrogen-bond donors (Lipinski definition) is 4. The number of hydrogen-bond acceptors (Lipinski definition) is 6. The van der Waals surface area contributed by atoms with Gasteiger partial charge in [-0.3, -0.25) is 14.6 Å². The number of nitrogens with two attached hydrogens (primary N) is 3. The third kappa shape index (κ3) is 9.83. The Kier molecular flexibility index (Phi) is 8.68. The van der Waals surface area contributed by atoms with E-state index in [1.165, 1.54) is 0 Å². The van der Waals surface area contributed by atoms with E-state index in [0.29, 0.717) is 13.0 Å². The smallest absolute Gasteiger partial charge is 0.330 e. The Labute approximate surface area is 116 Å². The summed E-state index contributed by atoms with van der Waals surface area (Å²) >= 11 is 0. The molecular weight excluding hydrogens is 268 g/mol. The molecule has 0 saturated carbocycles. The number of esters is 2. The molecular formula is C11H20N4O5. The van der Waals surface area contributed by atoms with Crippen LogP contribution in [0.4, 0.5) is 0 Å². The van der Waals surface area contributed by atoms with E-state index < -0.39 is 23.9 Å². The summed E-state index contributed by atoms with van der Waals surface area (Å²) in [6.45, 7) is 0.329. The molecule has 0 heterocycles. The van der Waals surface area contributed by atoms with Crippen molar-refractivity contribution in [2.24, 2.45) is 22.2 Å². The number of carboxylic acids is 1. The quantitative estimate of drug-likeness (QED) is 0.133. The van der Waals surface area contributed by atoms with Gasteiger partial charge in [0.25, 0.3) is 0 Å². The first-order valence-corrected chi connectivity index (χ1v) is 6.10. The van der Waals surface area contributed by atoms with Gasteiger partial charge < -0.3 is 27.0 Å². The highest BCUT2D eigenvalue weighted by atomic mass is 16.6. The lowest BCUT2D eigenvalue weighted by Crippen LogP contribution is -2.34. The van der Waals surface area contributed by atoms with Gasteiger partial charge in [-0.05, 0) is 19.3 Å². The summed E-state index contributed by atoms with van der Waals surface area (Å²) in [5.74, 6) is -2.68. The number of aliphatic imine (C=N–C) groups is 1. The van der Waals surface area contributed by atoms with Gasteiger partial charge in [0.05, 0.1) is 0 Å². The summed E-state index contributed by atoms with van der Waals surface area (Å²) < 4.78 is 4.49. The van der Waals surface area contributed by atoms with Gasteiger partial charge in [-0.15, -0.1) is 0 Å². The van der Waals surface area contributed by atoms with Gasteiger partial charge in [0.15, 0.2) is 5.96 Å².